The Labute approximate surface area is 193 Å². The van der Waals surface area contributed by atoms with Crippen molar-refractivity contribution in [3.05, 3.63) is 59.7 Å². The molecule has 7 nitrogen and oxygen atoms in total. The van der Waals surface area contributed by atoms with E-state index in [1.807, 2.05) is 32.2 Å². The van der Waals surface area contributed by atoms with Crippen LogP contribution in [0.25, 0.3) is 0 Å². The second-order valence-corrected chi connectivity index (χ2v) is 8.30. The molecule has 2 rings (SSSR count). The molecule has 172 valence electrons. The molecule has 1 atom stereocenters. The maximum absolute atomic E-state index is 13.2. The molecule has 0 aliphatic rings. The van der Waals surface area contributed by atoms with Gasteiger partial charge in [-0.1, -0.05) is 23.8 Å². The van der Waals surface area contributed by atoms with Gasteiger partial charge < -0.3 is 20.3 Å². The van der Waals surface area contributed by atoms with E-state index in [0.29, 0.717) is 35.7 Å². The summed E-state index contributed by atoms with van der Waals surface area (Å²) in [5.74, 6) is 0.440. The smallest absolute Gasteiger partial charge is 0.251 e. The molecule has 0 aliphatic carbocycles. The van der Waals surface area contributed by atoms with E-state index in [1.54, 1.807) is 55.3 Å². The van der Waals surface area contributed by atoms with Gasteiger partial charge in [-0.3, -0.25) is 14.4 Å². The first-order valence-corrected chi connectivity index (χ1v) is 11.9. The number of benzene rings is 2. The number of likely N-dealkylation sites (N-methyl/N-ethyl adjacent to an activating group) is 1. The summed E-state index contributed by atoms with van der Waals surface area (Å²) in [7, 11) is 1.55. The third kappa shape index (κ3) is 7.60. The minimum Gasteiger partial charge on any atom is -0.497 e. The van der Waals surface area contributed by atoms with Crippen molar-refractivity contribution < 1.29 is 19.1 Å². The molecule has 0 spiro atoms. The van der Waals surface area contributed by atoms with Crippen molar-refractivity contribution in [1.82, 2.24) is 10.2 Å². The number of carbonyl (C=O) groups excluding carboxylic acids is 3. The van der Waals surface area contributed by atoms with Gasteiger partial charge in [0.25, 0.3) is 5.91 Å². The number of hydrogen-bond donors (Lipinski definition) is 2. The highest BCUT2D eigenvalue weighted by Crippen LogP contribution is 2.17. The number of amides is 3. The van der Waals surface area contributed by atoms with Crippen LogP contribution >= 0.6 is 11.8 Å². The average Bonchev–Trinajstić information content (AvgIpc) is 2.79. The van der Waals surface area contributed by atoms with Gasteiger partial charge in [0.15, 0.2) is 0 Å². The second kappa shape index (κ2) is 12.8. The van der Waals surface area contributed by atoms with Crippen LogP contribution in [0.5, 0.6) is 5.75 Å². The molecule has 3 amide bonds. The molecule has 0 radical (unpaired) electrons. The number of carbonyl (C=O) groups is 3. The molecule has 0 saturated heterocycles. The Morgan fingerprint density at radius 2 is 1.88 bits per heavy atom. The van der Waals surface area contributed by atoms with Crippen LogP contribution in [0.2, 0.25) is 0 Å². The molecule has 0 heterocycles. The Kier molecular flexibility index (Phi) is 10.1. The van der Waals surface area contributed by atoms with Crippen molar-refractivity contribution in [3.63, 3.8) is 0 Å². The molecule has 2 aromatic rings. The zero-order valence-corrected chi connectivity index (χ0v) is 19.8. The number of rotatable bonds is 11. The van der Waals surface area contributed by atoms with Gasteiger partial charge in [0.2, 0.25) is 11.8 Å². The standard InChI is InChI=1S/C24H31N3O4S/c1-5-27(16-22(28)25-19-10-7-11-20(15-19)31-3)24(30)21(12-13-32-4)26-23(29)18-9-6-8-17(2)14-18/h6-11,14-15,21H,5,12-13,16H2,1-4H3,(H,25,28)(H,26,29). The number of nitrogens with zero attached hydrogens (tertiary/aromatic N) is 1. The normalized spacial score (nSPS) is 11.4. The van der Waals surface area contributed by atoms with E-state index in [4.69, 9.17) is 4.74 Å². The molecule has 1 unspecified atom stereocenters. The molecule has 0 aliphatic heterocycles. The molecule has 0 fully saturated rings. The van der Waals surface area contributed by atoms with Gasteiger partial charge in [-0.15, -0.1) is 0 Å². The molecule has 0 saturated carbocycles. The molecular weight excluding hydrogens is 426 g/mol. The Balaban J connectivity index is 2.07. The zero-order chi connectivity index (χ0) is 23.5. The van der Waals surface area contributed by atoms with Crippen LogP contribution in [0.4, 0.5) is 5.69 Å². The molecule has 32 heavy (non-hydrogen) atoms. The van der Waals surface area contributed by atoms with Gasteiger partial charge in [-0.05, 0) is 56.5 Å². The maximum atomic E-state index is 13.2. The number of methoxy groups -OCH3 is 1. The summed E-state index contributed by atoms with van der Waals surface area (Å²) in [6.07, 6.45) is 2.43. The lowest BCUT2D eigenvalue weighted by Gasteiger charge is -2.26. The average molecular weight is 458 g/mol. The molecule has 0 aromatic heterocycles. The van der Waals surface area contributed by atoms with Gasteiger partial charge in [0, 0.05) is 23.9 Å². The van der Waals surface area contributed by atoms with Gasteiger partial charge in [-0.2, -0.15) is 11.8 Å². The highest BCUT2D eigenvalue weighted by Gasteiger charge is 2.26. The molecule has 2 N–H and O–H groups in total. The van der Waals surface area contributed by atoms with Crippen molar-refractivity contribution in [3.8, 4) is 5.75 Å². The molecular formula is C24H31N3O4S. The molecule has 2 aromatic carbocycles. The van der Waals surface area contributed by atoms with Crippen LogP contribution in [0.15, 0.2) is 48.5 Å². The van der Waals surface area contributed by atoms with E-state index < -0.39 is 6.04 Å². The first kappa shape index (κ1) is 25.3. The van der Waals surface area contributed by atoms with Crippen molar-refractivity contribution in [2.75, 3.05) is 37.5 Å². The lowest BCUT2D eigenvalue weighted by Crippen LogP contribution is -2.50. The van der Waals surface area contributed by atoms with Crippen LogP contribution in [0, 0.1) is 6.92 Å². The SMILES string of the molecule is CCN(CC(=O)Nc1cccc(OC)c1)C(=O)C(CCSC)NC(=O)c1cccc(C)c1. The summed E-state index contributed by atoms with van der Waals surface area (Å²) in [4.78, 5) is 40.0. The lowest BCUT2D eigenvalue weighted by atomic mass is 10.1. The first-order valence-electron chi connectivity index (χ1n) is 10.5. The van der Waals surface area contributed by atoms with E-state index >= 15 is 0 Å². The van der Waals surface area contributed by atoms with E-state index in [1.165, 1.54) is 4.90 Å². The Bertz CT molecular complexity index is 935. The predicted octanol–water partition coefficient (Wildman–Crippen LogP) is 3.34. The summed E-state index contributed by atoms with van der Waals surface area (Å²) in [6, 6.07) is 13.5. The highest BCUT2D eigenvalue weighted by atomic mass is 32.2. The van der Waals surface area contributed by atoms with E-state index in [0.717, 1.165) is 5.56 Å². The van der Waals surface area contributed by atoms with E-state index in [-0.39, 0.29) is 24.3 Å². The van der Waals surface area contributed by atoms with E-state index in [9.17, 15) is 14.4 Å². The van der Waals surface area contributed by atoms with Gasteiger partial charge in [0.1, 0.15) is 11.8 Å². The summed E-state index contributed by atoms with van der Waals surface area (Å²) in [5.41, 5.74) is 2.06. The Hall–Kier alpha value is -3.00. The fourth-order valence-corrected chi connectivity index (χ4v) is 3.63. The lowest BCUT2D eigenvalue weighted by molar-refractivity contribution is -0.136. The van der Waals surface area contributed by atoms with Gasteiger partial charge >= 0.3 is 0 Å². The van der Waals surface area contributed by atoms with Crippen LogP contribution in [0.1, 0.15) is 29.3 Å². The number of thioether (sulfide) groups is 1. The first-order chi connectivity index (χ1) is 15.4. The fourth-order valence-electron chi connectivity index (χ4n) is 3.16. The van der Waals surface area contributed by atoms with Crippen molar-refractivity contribution in [1.29, 1.82) is 0 Å². The third-order valence-electron chi connectivity index (χ3n) is 4.88. The topological polar surface area (TPSA) is 87.7 Å². The van der Waals surface area contributed by atoms with Crippen molar-refractivity contribution in [2.45, 2.75) is 26.3 Å². The third-order valence-corrected chi connectivity index (χ3v) is 5.52. The summed E-state index contributed by atoms with van der Waals surface area (Å²) in [5, 5.41) is 5.64. The summed E-state index contributed by atoms with van der Waals surface area (Å²) < 4.78 is 5.17. The van der Waals surface area contributed by atoms with Crippen molar-refractivity contribution >= 4 is 35.2 Å². The number of nitrogens with one attached hydrogen (secondary N) is 2. The fraction of sp³-hybridized carbons (Fsp3) is 0.375. The second-order valence-electron chi connectivity index (χ2n) is 7.31. The summed E-state index contributed by atoms with van der Waals surface area (Å²) in [6.45, 7) is 3.96. The molecule has 8 heteroatoms. The zero-order valence-electron chi connectivity index (χ0n) is 19.0. The quantitative estimate of drug-likeness (QED) is 0.540. The minimum absolute atomic E-state index is 0.109. The van der Waals surface area contributed by atoms with E-state index in [2.05, 4.69) is 10.6 Å². The Morgan fingerprint density at radius 3 is 2.53 bits per heavy atom. The van der Waals surface area contributed by atoms with Gasteiger partial charge in [0.05, 0.1) is 13.7 Å². The number of aryl methyl sites for hydroxylation is 1. The van der Waals surface area contributed by atoms with Crippen LogP contribution in [0.3, 0.4) is 0 Å². The van der Waals surface area contributed by atoms with Crippen LogP contribution in [-0.4, -0.2) is 60.9 Å². The van der Waals surface area contributed by atoms with Crippen LogP contribution in [-0.2, 0) is 9.59 Å². The molecule has 0 bridgehead atoms. The Morgan fingerprint density at radius 1 is 1.12 bits per heavy atom. The van der Waals surface area contributed by atoms with Gasteiger partial charge in [-0.25, -0.2) is 0 Å². The maximum Gasteiger partial charge on any atom is 0.251 e. The highest BCUT2D eigenvalue weighted by molar-refractivity contribution is 7.98. The minimum atomic E-state index is -0.708. The monoisotopic (exact) mass is 457 g/mol. The summed E-state index contributed by atoms with van der Waals surface area (Å²) >= 11 is 1.60. The number of hydrogen-bond acceptors (Lipinski definition) is 5. The predicted molar refractivity (Wildman–Crippen MR) is 129 cm³/mol. The largest absolute Gasteiger partial charge is 0.497 e. The van der Waals surface area contributed by atoms with Crippen molar-refractivity contribution in [2.24, 2.45) is 0 Å². The number of ether oxygens (including phenoxy) is 1. The number of anilines is 1. The van der Waals surface area contributed by atoms with Crippen LogP contribution < -0.4 is 15.4 Å².